The van der Waals surface area contributed by atoms with Gasteiger partial charge in [0.2, 0.25) is 0 Å². The summed E-state index contributed by atoms with van der Waals surface area (Å²) >= 11 is 1.44. The summed E-state index contributed by atoms with van der Waals surface area (Å²) in [5.41, 5.74) is 0.842. The molecule has 1 aromatic carbocycles. The summed E-state index contributed by atoms with van der Waals surface area (Å²) in [5.74, 6) is -1.18. The van der Waals surface area contributed by atoms with E-state index in [-0.39, 0.29) is 12.8 Å². The van der Waals surface area contributed by atoms with Crippen molar-refractivity contribution in [1.29, 1.82) is 0 Å². The molecular formula is C12H15NO4S. The van der Waals surface area contributed by atoms with E-state index in [1.807, 2.05) is 24.3 Å². The highest BCUT2D eigenvalue weighted by molar-refractivity contribution is 7.99. The molecule has 1 rings (SSSR count). The third-order valence-electron chi connectivity index (χ3n) is 2.11. The third-order valence-corrected chi connectivity index (χ3v) is 3.19. The highest BCUT2D eigenvalue weighted by atomic mass is 32.2. The summed E-state index contributed by atoms with van der Waals surface area (Å²) in [7, 11) is 0. The molecule has 0 saturated heterocycles. The van der Waals surface area contributed by atoms with Gasteiger partial charge in [0.25, 0.3) is 0 Å². The van der Waals surface area contributed by atoms with Crippen molar-refractivity contribution in [1.82, 2.24) is 0 Å². The first kappa shape index (κ1) is 14.4. The minimum absolute atomic E-state index is 0.0497. The second-order valence-electron chi connectivity index (χ2n) is 3.56. The van der Waals surface area contributed by atoms with Gasteiger partial charge in [-0.05, 0) is 12.1 Å². The zero-order chi connectivity index (χ0) is 13.4. The van der Waals surface area contributed by atoms with Crippen molar-refractivity contribution in [3.63, 3.8) is 0 Å². The van der Waals surface area contributed by atoms with Crippen molar-refractivity contribution in [2.45, 2.75) is 17.7 Å². The number of hydrogen-bond acceptors (Lipinski definition) is 4. The van der Waals surface area contributed by atoms with Crippen LogP contribution in [0.2, 0.25) is 0 Å². The number of rotatable bonds is 8. The fourth-order valence-electron chi connectivity index (χ4n) is 1.29. The van der Waals surface area contributed by atoms with Gasteiger partial charge in [-0.15, -0.1) is 11.8 Å². The Balaban J connectivity index is 2.50. The van der Waals surface area contributed by atoms with Crippen molar-refractivity contribution in [2.24, 2.45) is 0 Å². The number of carboxylic acids is 2. The molecule has 0 amide bonds. The topological polar surface area (TPSA) is 86.6 Å². The quantitative estimate of drug-likeness (QED) is 0.627. The number of carboxylic acid groups (broad SMARTS) is 2. The lowest BCUT2D eigenvalue weighted by atomic mass is 10.3. The molecule has 0 aliphatic heterocycles. The molecule has 0 unspecified atom stereocenters. The average Bonchev–Trinajstić information content (AvgIpc) is 2.30. The average molecular weight is 269 g/mol. The molecule has 0 radical (unpaired) electrons. The Labute approximate surface area is 109 Å². The highest BCUT2D eigenvalue weighted by Crippen LogP contribution is 2.27. The van der Waals surface area contributed by atoms with Gasteiger partial charge in [-0.2, -0.15) is 0 Å². The van der Waals surface area contributed by atoms with Gasteiger partial charge in [0, 0.05) is 22.9 Å². The maximum absolute atomic E-state index is 10.4. The molecule has 6 heteroatoms. The second kappa shape index (κ2) is 7.60. The maximum atomic E-state index is 10.4. The van der Waals surface area contributed by atoms with Crippen LogP contribution in [0.4, 0.5) is 5.69 Å². The number of hydrogen-bond donors (Lipinski definition) is 3. The molecule has 0 bridgehead atoms. The van der Waals surface area contributed by atoms with Crippen molar-refractivity contribution in [3.05, 3.63) is 24.3 Å². The fourth-order valence-corrected chi connectivity index (χ4v) is 2.26. The van der Waals surface area contributed by atoms with Gasteiger partial charge in [0.15, 0.2) is 0 Å². The third kappa shape index (κ3) is 5.58. The van der Waals surface area contributed by atoms with E-state index in [1.54, 1.807) is 0 Å². The molecule has 98 valence electrons. The largest absolute Gasteiger partial charge is 0.481 e. The zero-order valence-corrected chi connectivity index (χ0v) is 10.6. The van der Waals surface area contributed by atoms with E-state index in [0.717, 1.165) is 10.6 Å². The van der Waals surface area contributed by atoms with Crippen LogP contribution in [0, 0.1) is 0 Å². The molecule has 0 aliphatic rings. The molecule has 1 aromatic rings. The minimum atomic E-state index is -0.849. The van der Waals surface area contributed by atoms with Gasteiger partial charge in [-0.1, -0.05) is 12.1 Å². The normalized spacial score (nSPS) is 10.0. The van der Waals surface area contributed by atoms with Crippen LogP contribution in [-0.2, 0) is 9.59 Å². The molecule has 0 spiro atoms. The lowest BCUT2D eigenvalue weighted by molar-refractivity contribution is -0.137. The Morgan fingerprint density at radius 2 is 1.78 bits per heavy atom. The van der Waals surface area contributed by atoms with Gasteiger partial charge < -0.3 is 15.5 Å². The van der Waals surface area contributed by atoms with Crippen LogP contribution in [0.15, 0.2) is 29.2 Å². The number of thioether (sulfide) groups is 1. The number of para-hydroxylation sites is 1. The van der Waals surface area contributed by atoms with Crippen molar-refractivity contribution >= 4 is 29.4 Å². The molecular weight excluding hydrogens is 254 g/mol. The summed E-state index contributed by atoms with van der Waals surface area (Å²) in [6, 6.07) is 7.45. The predicted molar refractivity (Wildman–Crippen MR) is 70.2 cm³/mol. The molecule has 0 heterocycles. The second-order valence-corrected chi connectivity index (χ2v) is 4.70. The van der Waals surface area contributed by atoms with Gasteiger partial charge in [0.05, 0.1) is 12.8 Å². The molecule has 5 nitrogen and oxygen atoms in total. The molecule has 3 N–H and O–H groups in total. The Kier molecular flexibility index (Phi) is 6.07. The Morgan fingerprint density at radius 1 is 1.11 bits per heavy atom. The number of benzene rings is 1. The molecule has 18 heavy (non-hydrogen) atoms. The Hall–Kier alpha value is -1.69. The Bertz CT molecular complexity index is 383. The maximum Gasteiger partial charge on any atom is 0.305 e. The van der Waals surface area contributed by atoms with Crippen molar-refractivity contribution in [2.75, 3.05) is 17.6 Å². The van der Waals surface area contributed by atoms with E-state index in [1.165, 1.54) is 11.8 Å². The van der Waals surface area contributed by atoms with E-state index < -0.39 is 11.9 Å². The summed E-state index contributed by atoms with van der Waals surface area (Å²) in [6.45, 7) is 0.353. The summed E-state index contributed by atoms with van der Waals surface area (Å²) in [4.78, 5) is 21.8. The lowest BCUT2D eigenvalue weighted by Gasteiger charge is -2.10. The summed E-state index contributed by atoms with van der Waals surface area (Å²) < 4.78 is 0. The number of aliphatic carboxylic acids is 2. The summed E-state index contributed by atoms with van der Waals surface area (Å²) in [6.07, 6.45) is 0.155. The first-order valence-electron chi connectivity index (χ1n) is 5.49. The van der Waals surface area contributed by atoms with Gasteiger partial charge in [0.1, 0.15) is 0 Å². The van der Waals surface area contributed by atoms with Crippen molar-refractivity contribution in [3.8, 4) is 0 Å². The molecule has 0 fully saturated rings. The van der Waals surface area contributed by atoms with Crippen molar-refractivity contribution < 1.29 is 19.8 Å². The van der Waals surface area contributed by atoms with Crippen LogP contribution in [0.25, 0.3) is 0 Å². The first-order chi connectivity index (χ1) is 8.59. The van der Waals surface area contributed by atoms with Crippen LogP contribution < -0.4 is 5.32 Å². The van der Waals surface area contributed by atoms with Gasteiger partial charge in [-0.3, -0.25) is 9.59 Å². The van der Waals surface area contributed by atoms with Gasteiger partial charge >= 0.3 is 11.9 Å². The first-order valence-corrected chi connectivity index (χ1v) is 6.47. The standard InChI is InChI=1S/C12H15NO4S/c14-11(15)5-7-13-9-3-1-2-4-10(9)18-8-6-12(16)17/h1-4,13H,5-8H2,(H,14,15)(H,16,17). The minimum Gasteiger partial charge on any atom is -0.481 e. The van der Waals surface area contributed by atoms with E-state index in [2.05, 4.69) is 5.32 Å². The van der Waals surface area contributed by atoms with E-state index in [4.69, 9.17) is 10.2 Å². The fraction of sp³-hybridized carbons (Fsp3) is 0.333. The molecule has 0 saturated carbocycles. The van der Waals surface area contributed by atoms with Crippen LogP contribution >= 0.6 is 11.8 Å². The van der Waals surface area contributed by atoms with E-state index in [0.29, 0.717) is 12.3 Å². The number of nitrogens with one attached hydrogen (secondary N) is 1. The summed E-state index contributed by atoms with van der Waals surface area (Å²) in [5, 5.41) is 20.2. The predicted octanol–water partition coefficient (Wildman–Crippen LogP) is 2.14. The van der Waals surface area contributed by atoms with Gasteiger partial charge in [-0.25, -0.2) is 0 Å². The zero-order valence-electron chi connectivity index (χ0n) is 9.76. The van der Waals surface area contributed by atoms with E-state index in [9.17, 15) is 9.59 Å². The molecule has 0 aromatic heterocycles. The van der Waals surface area contributed by atoms with Crippen LogP contribution in [-0.4, -0.2) is 34.4 Å². The molecule has 0 atom stereocenters. The SMILES string of the molecule is O=C(O)CCNc1ccccc1SCCC(=O)O. The van der Waals surface area contributed by atoms with Crippen LogP contribution in [0.3, 0.4) is 0 Å². The number of anilines is 1. The van der Waals surface area contributed by atoms with Crippen LogP contribution in [0.1, 0.15) is 12.8 Å². The number of carbonyl (C=O) groups is 2. The Morgan fingerprint density at radius 3 is 2.44 bits per heavy atom. The molecule has 0 aliphatic carbocycles. The lowest BCUT2D eigenvalue weighted by Crippen LogP contribution is -2.08. The van der Waals surface area contributed by atoms with E-state index >= 15 is 0 Å². The smallest absolute Gasteiger partial charge is 0.305 e. The van der Waals surface area contributed by atoms with Crippen LogP contribution in [0.5, 0.6) is 0 Å². The monoisotopic (exact) mass is 269 g/mol. The highest BCUT2D eigenvalue weighted by Gasteiger charge is 2.04.